The first kappa shape index (κ1) is 29.4. The summed E-state index contributed by atoms with van der Waals surface area (Å²) in [5.74, 6) is 0.449. The maximum atomic E-state index is 13.3. The van der Waals surface area contributed by atoms with E-state index in [-0.39, 0.29) is 43.2 Å². The number of imide groups is 1. The number of fused-ring (bicyclic) bond motifs is 1. The lowest BCUT2D eigenvalue weighted by Crippen LogP contribution is -2.48. The first-order valence-electron chi connectivity index (χ1n) is 12.9. The second kappa shape index (κ2) is 12.3. The number of nitrogens with one attached hydrogen (secondary N) is 1. The van der Waals surface area contributed by atoms with Gasteiger partial charge in [-0.1, -0.05) is 23.9 Å². The average molecular weight is 572 g/mol. The highest BCUT2D eigenvalue weighted by Crippen LogP contribution is 2.41. The SMILES string of the molecule is COCCOC(=O)C(C)(COc1ccc(CC2SC(=O)NC2=O)cc1)Oc1c(C)c(C)c2c(c1C)C(=O)CCO2. The number of thioether (sulfide) groups is 1. The molecule has 2 amide bonds. The number of esters is 1. The quantitative estimate of drug-likeness (QED) is 0.314. The number of amides is 2. The van der Waals surface area contributed by atoms with Crippen LogP contribution in [0.4, 0.5) is 4.79 Å². The van der Waals surface area contributed by atoms with E-state index in [1.807, 2.05) is 13.8 Å². The van der Waals surface area contributed by atoms with Crippen LogP contribution in [0.2, 0.25) is 0 Å². The average Bonchev–Trinajstić information content (AvgIpc) is 3.25. The molecule has 2 aromatic rings. The largest absolute Gasteiger partial charge is 0.492 e. The molecule has 0 radical (unpaired) electrons. The zero-order chi connectivity index (χ0) is 29.0. The first-order valence-corrected chi connectivity index (χ1v) is 13.8. The number of ketones is 1. The van der Waals surface area contributed by atoms with Gasteiger partial charge in [0.05, 0.1) is 24.0 Å². The fraction of sp³-hybridized carbons (Fsp3) is 0.448. The molecule has 0 spiro atoms. The predicted octanol–water partition coefficient (Wildman–Crippen LogP) is 3.88. The Morgan fingerprint density at radius 2 is 1.80 bits per heavy atom. The lowest BCUT2D eigenvalue weighted by molar-refractivity contribution is -0.164. The van der Waals surface area contributed by atoms with Crippen LogP contribution in [0.15, 0.2) is 24.3 Å². The van der Waals surface area contributed by atoms with E-state index in [1.54, 1.807) is 38.1 Å². The zero-order valence-electron chi connectivity index (χ0n) is 23.2. The molecule has 40 heavy (non-hydrogen) atoms. The number of rotatable bonds is 11. The van der Waals surface area contributed by atoms with Gasteiger partial charge in [-0.2, -0.15) is 0 Å². The summed E-state index contributed by atoms with van der Waals surface area (Å²) in [7, 11) is 1.51. The first-order chi connectivity index (χ1) is 19.0. The topological polar surface area (TPSA) is 126 Å². The molecule has 2 aromatic carbocycles. The van der Waals surface area contributed by atoms with E-state index < -0.39 is 16.8 Å². The summed E-state index contributed by atoms with van der Waals surface area (Å²) in [6.45, 7) is 7.46. The highest BCUT2D eigenvalue weighted by Gasteiger charge is 2.41. The van der Waals surface area contributed by atoms with Gasteiger partial charge in [0.2, 0.25) is 11.5 Å². The number of hydrogen-bond acceptors (Lipinski definition) is 10. The van der Waals surface area contributed by atoms with Crippen molar-refractivity contribution in [2.24, 2.45) is 0 Å². The normalized spacial score (nSPS) is 17.9. The molecule has 4 rings (SSSR count). The number of ether oxygens (including phenoxy) is 5. The van der Waals surface area contributed by atoms with Crippen molar-refractivity contribution in [1.29, 1.82) is 0 Å². The van der Waals surface area contributed by atoms with Gasteiger partial charge in [-0.3, -0.25) is 19.7 Å². The summed E-state index contributed by atoms with van der Waals surface area (Å²) in [5.41, 5.74) is 1.86. The van der Waals surface area contributed by atoms with Crippen LogP contribution in [0.25, 0.3) is 0 Å². The molecule has 214 valence electrons. The van der Waals surface area contributed by atoms with Gasteiger partial charge in [-0.15, -0.1) is 0 Å². The lowest BCUT2D eigenvalue weighted by atomic mass is 9.92. The van der Waals surface area contributed by atoms with Crippen LogP contribution in [0.3, 0.4) is 0 Å². The number of carbonyl (C=O) groups is 4. The highest BCUT2D eigenvalue weighted by molar-refractivity contribution is 8.15. The van der Waals surface area contributed by atoms with Crippen molar-refractivity contribution in [1.82, 2.24) is 5.32 Å². The highest BCUT2D eigenvalue weighted by atomic mass is 32.2. The Kier molecular flexibility index (Phi) is 9.05. The van der Waals surface area contributed by atoms with Crippen molar-refractivity contribution >= 4 is 34.7 Å². The summed E-state index contributed by atoms with van der Waals surface area (Å²) in [6, 6.07) is 7.05. The summed E-state index contributed by atoms with van der Waals surface area (Å²) >= 11 is 0.974. The van der Waals surface area contributed by atoms with Gasteiger partial charge in [0, 0.05) is 19.1 Å². The molecule has 2 atom stereocenters. The van der Waals surface area contributed by atoms with E-state index in [0.29, 0.717) is 41.4 Å². The van der Waals surface area contributed by atoms with Crippen LogP contribution in [0, 0.1) is 20.8 Å². The van der Waals surface area contributed by atoms with Crippen molar-refractivity contribution in [3.8, 4) is 17.2 Å². The molecule has 11 heteroatoms. The number of methoxy groups -OCH3 is 1. The van der Waals surface area contributed by atoms with E-state index in [0.717, 1.165) is 28.5 Å². The van der Waals surface area contributed by atoms with Gasteiger partial charge in [0.15, 0.2) is 5.78 Å². The Bertz CT molecular complexity index is 1320. The fourth-order valence-electron chi connectivity index (χ4n) is 4.54. The lowest BCUT2D eigenvalue weighted by Gasteiger charge is -2.32. The smallest absolute Gasteiger partial charge is 0.353 e. The second-order valence-electron chi connectivity index (χ2n) is 9.91. The van der Waals surface area contributed by atoms with Crippen molar-refractivity contribution in [2.45, 2.75) is 51.4 Å². The van der Waals surface area contributed by atoms with Crippen LogP contribution in [-0.2, 0) is 25.5 Å². The van der Waals surface area contributed by atoms with E-state index in [1.165, 1.54) is 7.11 Å². The van der Waals surface area contributed by atoms with Crippen LogP contribution < -0.4 is 19.5 Å². The van der Waals surface area contributed by atoms with E-state index >= 15 is 0 Å². The van der Waals surface area contributed by atoms with Crippen molar-refractivity contribution < 1.29 is 42.9 Å². The van der Waals surface area contributed by atoms with Crippen LogP contribution in [0.1, 0.15) is 46.0 Å². The Morgan fingerprint density at radius 1 is 1.07 bits per heavy atom. The van der Waals surface area contributed by atoms with Crippen molar-refractivity contribution in [2.75, 3.05) is 33.5 Å². The number of hydrogen-bond donors (Lipinski definition) is 1. The Labute approximate surface area is 237 Å². The van der Waals surface area contributed by atoms with Crippen molar-refractivity contribution in [3.63, 3.8) is 0 Å². The summed E-state index contributed by atoms with van der Waals surface area (Å²) in [5, 5.41) is 1.47. The Morgan fingerprint density at radius 3 is 2.45 bits per heavy atom. The summed E-state index contributed by atoms with van der Waals surface area (Å²) in [6.07, 6.45) is 0.666. The van der Waals surface area contributed by atoms with Gasteiger partial charge in [0.25, 0.3) is 5.24 Å². The minimum atomic E-state index is -1.57. The van der Waals surface area contributed by atoms with Crippen LogP contribution >= 0.6 is 11.8 Å². The maximum absolute atomic E-state index is 13.3. The zero-order valence-corrected chi connectivity index (χ0v) is 24.0. The molecular formula is C29H33NO9S. The third kappa shape index (κ3) is 6.26. The molecule has 1 saturated heterocycles. The van der Waals surface area contributed by atoms with Gasteiger partial charge >= 0.3 is 5.97 Å². The van der Waals surface area contributed by atoms with Gasteiger partial charge in [0.1, 0.15) is 30.5 Å². The predicted molar refractivity (Wildman–Crippen MR) is 148 cm³/mol. The Hall–Kier alpha value is -3.57. The summed E-state index contributed by atoms with van der Waals surface area (Å²) in [4.78, 5) is 49.4. The molecule has 2 aliphatic heterocycles. The molecular weight excluding hydrogens is 538 g/mol. The second-order valence-corrected chi connectivity index (χ2v) is 11.1. The van der Waals surface area contributed by atoms with E-state index in [2.05, 4.69) is 5.32 Å². The number of benzene rings is 2. The van der Waals surface area contributed by atoms with E-state index in [4.69, 9.17) is 23.7 Å². The van der Waals surface area contributed by atoms with Gasteiger partial charge in [-0.25, -0.2) is 4.79 Å². The van der Waals surface area contributed by atoms with Gasteiger partial charge in [-0.05, 0) is 62.9 Å². The van der Waals surface area contributed by atoms with Crippen LogP contribution in [-0.4, -0.2) is 67.3 Å². The molecule has 1 N–H and O–H groups in total. The number of Topliss-reactive ketones (excluding diaryl/α,β-unsaturated/α-hetero) is 1. The molecule has 0 aliphatic carbocycles. The third-order valence-electron chi connectivity index (χ3n) is 6.95. The molecule has 10 nitrogen and oxygen atoms in total. The standard InChI is InChI=1S/C29H33NO9S/c1-16-17(2)25-23(21(31)10-11-36-25)18(3)24(16)39-29(4,27(33)37-13-12-35-5)15-38-20-8-6-19(7-9-20)14-22-26(32)30-28(34)40-22/h6-9,22H,10-15H2,1-5H3,(H,30,32,34). The van der Waals surface area contributed by atoms with Crippen LogP contribution in [0.5, 0.6) is 17.2 Å². The molecule has 1 fully saturated rings. The Balaban J connectivity index is 1.55. The minimum Gasteiger partial charge on any atom is -0.492 e. The fourth-order valence-corrected chi connectivity index (χ4v) is 5.40. The van der Waals surface area contributed by atoms with Gasteiger partial charge < -0.3 is 23.7 Å². The number of carbonyl (C=O) groups excluding carboxylic acids is 4. The molecule has 2 aliphatic rings. The molecule has 0 aromatic heterocycles. The molecule has 2 heterocycles. The monoisotopic (exact) mass is 571 g/mol. The molecule has 0 bridgehead atoms. The van der Waals surface area contributed by atoms with Crippen molar-refractivity contribution in [3.05, 3.63) is 52.1 Å². The molecule has 0 saturated carbocycles. The minimum absolute atomic E-state index is 0.0335. The van der Waals surface area contributed by atoms with E-state index in [9.17, 15) is 19.2 Å². The maximum Gasteiger partial charge on any atom is 0.353 e. The molecule has 2 unspecified atom stereocenters. The summed E-state index contributed by atoms with van der Waals surface area (Å²) < 4.78 is 28.6. The third-order valence-corrected chi connectivity index (χ3v) is 7.93.